The molecule has 0 radical (unpaired) electrons. The van der Waals surface area contributed by atoms with Crippen LogP contribution < -0.4 is 16.2 Å². The summed E-state index contributed by atoms with van der Waals surface area (Å²) >= 11 is 0. The Kier molecular flexibility index (Phi) is 4.90. The zero-order valence-electron chi connectivity index (χ0n) is 19.5. The van der Waals surface area contributed by atoms with E-state index in [9.17, 15) is 20.1 Å². The van der Waals surface area contributed by atoms with E-state index in [0.29, 0.717) is 12.0 Å². The fraction of sp³-hybridized carbons (Fsp3) is 0.346. The van der Waals surface area contributed by atoms with Crippen LogP contribution in [0, 0.1) is 12.8 Å². The van der Waals surface area contributed by atoms with E-state index < -0.39 is 40.7 Å². The molecule has 3 aliphatic rings. The number of aliphatic hydroxyl groups excluding tert-OH is 2. The summed E-state index contributed by atoms with van der Waals surface area (Å²) in [7, 11) is 0. The zero-order chi connectivity index (χ0) is 25.4. The van der Waals surface area contributed by atoms with E-state index in [2.05, 4.69) is 10.1 Å². The standard InChI is InChI=1S/C26H26N4O6/c1-12-7-14-8-15-9-25(28)21(27)20-18(24(30-36-20)35-11-13-5-3-2-4-6-13)23(33)26(25,34)22(32)17(15)19(31)16(14)10-29-12/h2-7,10,15,19,21,31-32,34H,8-9,11,27-28H2,1H3/t15?,19?,21-,25-,26+/m1/s1. The summed E-state index contributed by atoms with van der Waals surface area (Å²) in [5.41, 5.74) is 11.7. The lowest BCUT2D eigenvalue weighted by atomic mass is 9.55. The van der Waals surface area contributed by atoms with Crippen molar-refractivity contribution < 1.29 is 29.4 Å². The molecular weight excluding hydrogens is 464 g/mol. The Morgan fingerprint density at radius 2 is 2.03 bits per heavy atom. The number of ketones is 1. The van der Waals surface area contributed by atoms with Gasteiger partial charge in [0.1, 0.15) is 24.0 Å². The molecule has 6 rings (SSSR count). The molecule has 0 bridgehead atoms. The number of nitrogens with zero attached hydrogens (tertiary/aromatic N) is 2. The van der Waals surface area contributed by atoms with Crippen LogP contribution in [-0.4, -0.2) is 42.4 Å². The third-order valence-electron chi connectivity index (χ3n) is 7.83. The van der Waals surface area contributed by atoms with Crippen molar-refractivity contribution in [3.8, 4) is 5.88 Å². The van der Waals surface area contributed by atoms with Crippen LogP contribution in [0.3, 0.4) is 0 Å². The second kappa shape index (κ2) is 7.71. The van der Waals surface area contributed by atoms with E-state index in [1.807, 2.05) is 43.3 Å². The van der Waals surface area contributed by atoms with Gasteiger partial charge in [0, 0.05) is 23.0 Å². The van der Waals surface area contributed by atoms with Gasteiger partial charge in [0.15, 0.2) is 5.76 Å². The summed E-state index contributed by atoms with van der Waals surface area (Å²) in [6.45, 7) is 1.93. The minimum atomic E-state index is -2.61. The number of pyridine rings is 1. The van der Waals surface area contributed by atoms with E-state index in [1.165, 1.54) is 0 Å². The summed E-state index contributed by atoms with van der Waals surface area (Å²) < 4.78 is 11.2. The number of hydrogen-bond acceptors (Lipinski definition) is 10. The summed E-state index contributed by atoms with van der Waals surface area (Å²) in [5, 5.41) is 38.4. The number of aryl methyl sites for hydroxylation is 1. The maximum atomic E-state index is 13.8. The third kappa shape index (κ3) is 2.89. The zero-order valence-corrected chi connectivity index (χ0v) is 19.5. The SMILES string of the molecule is Cc1cc2c(cn1)C(O)C1=C(O)[C@]3(O)C(=O)c4c(OCc5ccccc5)noc4[C@@H](N)[C@]3(N)CC1C2. The number of carbonyl (C=O) groups is 1. The molecule has 2 heterocycles. The van der Waals surface area contributed by atoms with Gasteiger partial charge in [-0.2, -0.15) is 0 Å². The van der Waals surface area contributed by atoms with Crippen LogP contribution in [-0.2, 0) is 13.0 Å². The van der Waals surface area contributed by atoms with Crippen molar-refractivity contribution in [1.82, 2.24) is 10.1 Å². The molecule has 2 unspecified atom stereocenters. The molecular formula is C26H26N4O6. The molecule has 0 amide bonds. The van der Waals surface area contributed by atoms with Gasteiger partial charge in [0.25, 0.3) is 5.88 Å². The van der Waals surface area contributed by atoms with Gasteiger partial charge < -0.3 is 36.0 Å². The first-order valence-corrected chi connectivity index (χ1v) is 11.7. The lowest BCUT2D eigenvalue weighted by Crippen LogP contribution is -2.74. The number of nitrogens with two attached hydrogens (primary N) is 2. The van der Waals surface area contributed by atoms with Gasteiger partial charge in [-0.1, -0.05) is 30.3 Å². The molecule has 0 fully saturated rings. The minimum Gasteiger partial charge on any atom is -0.509 e. The predicted molar refractivity (Wildman–Crippen MR) is 126 cm³/mol. The fourth-order valence-electron chi connectivity index (χ4n) is 5.92. The summed E-state index contributed by atoms with van der Waals surface area (Å²) in [5.74, 6) is -2.25. The van der Waals surface area contributed by atoms with Gasteiger partial charge in [-0.25, -0.2) is 0 Å². The second-order valence-electron chi connectivity index (χ2n) is 9.89. The third-order valence-corrected chi connectivity index (χ3v) is 7.83. The van der Waals surface area contributed by atoms with Gasteiger partial charge in [-0.05, 0) is 48.0 Å². The van der Waals surface area contributed by atoms with E-state index in [-0.39, 0.29) is 35.8 Å². The molecule has 0 aliphatic heterocycles. The van der Waals surface area contributed by atoms with E-state index in [0.717, 1.165) is 16.8 Å². The van der Waals surface area contributed by atoms with Crippen molar-refractivity contribution >= 4 is 5.78 Å². The number of benzene rings is 1. The molecule has 186 valence electrons. The van der Waals surface area contributed by atoms with E-state index >= 15 is 0 Å². The minimum absolute atomic E-state index is 0.0108. The van der Waals surface area contributed by atoms with Gasteiger partial charge in [0.05, 0.1) is 11.6 Å². The number of carbonyl (C=O) groups excluding carboxylic acids is 1. The van der Waals surface area contributed by atoms with Gasteiger partial charge in [-0.15, -0.1) is 0 Å². The van der Waals surface area contributed by atoms with Crippen molar-refractivity contribution in [2.75, 3.05) is 0 Å². The first-order chi connectivity index (χ1) is 17.2. The molecule has 2 aromatic heterocycles. The van der Waals surface area contributed by atoms with Crippen LogP contribution in [0.1, 0.15) is 57.1 Å². The molecule has 10 nitrogen and oxygen atoms in total. The molecule has 3 aliphatic carbocycles. The molecule has 0 spiro atoms. The van der Waals surface area contributed by atoms with Gasteiger partial charge >= 0.3 is 0 Å². The Bertz CT molecular complexity index is 1420. The average Bonchev–Trinajstić information content (AvgIpc) is 3.28. The Hall–Kier alpha value is -3.57. The van der Waals surface area contributed by atoms with Gasteiger partial charge in [-0.3, -0.25) is 9.78 Å². The summed E-state index contributed by atoms with van der Waals surface area (Å²) in [4.78, 5) is 18.1. The number of ether oxygens (including phenoxy) is 1. The average molecular weight is 491 g/mol. The summed E-state index contributed by atoms with van der Waals surface area (Å²) in [6, 6.07) is 9.92. The van der Waals surface area contributed by atoms with E-state index in [4.69, 9.17) is 20.7 Å². The number of hydrogen-bond donors (Lipinski definition) is 5. The first kappa shape index (κ1) is 22.9. The quantitative estimate of drug-likeness (QED) is 0.363. The van der Waals surface area contributed by atoms with Crippen LogP contribution >= 0.6 is 0 Å². The number of fused-ring (bicyclic) bond motifs is 4. The lowest BCUT2D eigenvalue weighted by molar-refractivity contribution is -0.0563. The van der Waals surface area contributed by atoms with Crippen LogP contribution in [0.15, 0.2) is 58.5 Å². The molecule has 3 aromatic rings. The molecule has 1 aromatic carbocycles. The topological polar surface area (TPSA) is 178 Å². The number of aliphatic hydroxyl groups is 3. The Labute approximate surface area is 206 Å². The maximum absolute atomic E-state index is 13.8. The largest absolute Gasteiger partial charge is 0.509 e. The van der Waals surface area contributed by atoms with Gasteiger partial charge in [0.2, 0.25) is 11.4 Å². The number of rotatable bonds is 3. The first-order valence-electron chi connectivity index (χ1n) is 11.7. The summed E-state index contributed by atoms with van der Waals surface area (Å²) in [6.07, 6.45) is 0.734. The van der Waals surface area contributed by atoms with E-state index in [1.54, 1.807) is 6.20 Å². The highest BCUT2D eigenvalue weighted by molar-refractivity contribution is 6.09. The normalized spacial score (nSPS) is 30.8. The van der Waals surface area contributed by atoms with Crippen molar-refractivity contribution in [2.24, 2.45) is 17.4 Å². The van der Waals surface area contributed by atoms with Crippen LogP contribution in [0.2, 0.25) is 0 Å². The highest BCUT2D eigenvalue weighted by Crippen LogP contribution is 2.57. The van der Waals surface area contributed by atoms with Crippen molar-refractivity contribution in [2.45, 2.75) is 49.7 Å². The Balaban J connectivity index is 1.45. The molecule has 7 N–H and O–H groups in total. The predicted octanol–water partition coefficient (Wildman–Crippen LogP) is 1.70. The van der Waals surface area contributed by atoms with Crippen molar-refractivity contribution in [3.63, 3.8) is 0 Å². The lowest BCUT2D eigenvalue weighted by Gasteiger charge is -2.54. The molecule has 10 heteroatoms. The number of Topliss-reactive ketones (excluding diaryl/α,β-unsaturated/α-hetero) is 1. The maximum Gasteiger partial charge on any atom is 0.265 e. The monoisotopic (exact) mass is 490 g/mol. The van der Waals surface area contributed by atoms with Crippen molar-refractivity contribution in [1.29, 1.82) is 0 Å². The smallest absolute Gasteiger partial charge is 0.265 e. The Morgan fingerprint density at radius 1 is 1.28 bits per heavy atom. The second-order valence-corrected chi connectivity index (χ2v) is 9.89. The molecule has 5 atom stereocenters. The molecule has 36 heavy (non-hydrogen) atoms. The fourth-order valence-corrected chi connectivity index (χ4v) is 5.92. The van der Waals surface area contributed by atoms with Crippen LogP contribution in [0.4, 0.5) is 0 Å². The van der Waals surface area contributed by atoms with Crippen LogP contribution in [0.5, 0.6) is 5.88 Å². The Morgan fingerprint density at radius 3 is 2.78 bits per heavy atom. The molecule has 0 saturated heterocycles. The van der Waals surface area contributed by atoms with Crippen molar-refractivity contribution in [3.05, 3.63) is 87.6 Å². The number of aromatic nitrogens is 2. The van der Waals surface area contributed by atoms with Crippen LogP contribution in [0.25, 0.3) is 0 Å². The molecule has 0 saturated carbocycles. The highest BCUT2D eigenvalue weighted by atomic mass is 16.5. The highest BCUT2D eigenvalue weighted by Gasteiger charge is 2.69.